The minimum Gasteiger partial charge on any atom is -0.494 e. The van der Waals surface area contributed by atoms with Gasteiger partial charge < -0.3 is 31.2 Å². The molecular formula is C23H34N6O2. The SMILES string of the molecule is CN(CCCOc1ccc(C(=N)N)cc1)CCNCCCOc1ccc(C(=N)N)cc1. The number of rotatable bonds is 15. The number of hydrogen-bond acceptors (Lipinski definition) is 6. The van der Waals surface area contributed by atoms with Crippen molar-refractivity contribution >= 4 is 11.7 Å². The average Bonchev–Trinajstić information content (AvgIpc) is 2.76. The standard InChI is InChI=1S/C23H34N6O2/c1-29(14-3-17-31-21-10-6-19(7-11-21)23(26)27)15-13-28-12-2-16-30-20-8-4-18(5-9-20)22(24)25/h4-11,28H,2-3,12-17H2,1H3,(H3,24,25)(H3,26,27). The van der Waals surface area contributed by atoms with Gasteiger partial charge in [-0.1, -0.05) is 0 Å². The number of amidine groups is 2. The van der Waals surface area contributed by atoms with Crippen LogP contribution in [-0.2, 0) is 0 Å². The first kappa shape index (κ1) is 24.2. The van der Waals surface area contributed by atoms with Gasteiger partial charge in [0.05, 0.1) is 13.2 Å². The molecule has 168 valence electrons. The zero-order chi connectivity index (χ0) is 22.5. The number of nitrogens with zero attached hydrogens (tertiary/aromatic N) is 1. The molecule has 0 spiro atoms. The number of benzene rings is 2. The highest BCUT2D eigenvalue weighted by molar-refractivity contribution is 5.95. The van der Waals surface area contributed by atoms with E-state index in [2.05, 4.69) is 17.3 Å². The van der Waals surface area contributed by atoms with Crippen LogP contribution in [0.25, 0.3) is 0 Å². The van der Waals surface area contributed by atoms with Crippen LogP contribution in [0, 0.1) is 10.8 Å². The number of nitrogen functional groups attached to an aromatic ring is 2. The van der Waals surface area contributed by atoms with Gasteiger partial charge in [0.25, 0.3) is 0 Å². The van der Waals surface area contributed by atoms with Gasteiger partial charge in [-0.25, -0.2) is 0 Å². The van der Waals surface area contributed by atoms with Gasteiger partial charge in [-0.2, -0.15) is 0 Å². The molecule has 0 aromatic heterocycles. The lowest BCUT2D eigenvalue weighted by atomic mass is 10.2. The summed E-state index contributed by atoms with van der Waals surface area (Å²) in [7, 11) is 2.11. The first-order valence-corrected chi connectivity index (χ1v) is 10.5. The largest absolute Gasteiger partial charge is 0.494 e. The van der Waals surface area contributed by atoms with Crippen molar-refractivity contribution in [1.82, 2.24) is 10.2 Å². The Balaban J connectivity index is 1.45. The smallest absolute Gasteiger partial charge is 0.122 e. The van der Waals surface area contributed by atoms with E-state index in [1.807, 2.05) is 24.3 Å². The fourth-order valence-electron chi connectivity index (χ4n) is 2.88. The van der Waals surface area contributed by atoms with Crippen LogP contribution >= 0.6 is 0 Å². The lowest BCUT2D eigenvalue weighted by Gasteiger charge is -2.17. The molecule has 0 saturated carbocycles. The molecule has 2 rings (SSSR count). The molecule has 0 bridgehead atoms. The molecule has 31 heavy (non-hydrogen) atoms. The van der Waals surface area contributed by atoms with E-state index in [-0.39, 0.29) is 11.7 Å². The second-order valence-corrected chi connectivity index (χ2v) is 7.33. The van der Waals surface area contributed by atoms with Gasteiger partial charge >= 0.3 is 0 Å². The quantitative estimate of drug-likeness (QED) is 0.168. The maximum Gasteiger partial charge on any atom is 0.122 e. The Hall–Kier alpha value is -3.10. The molecule has 7 N–H and O–H groups in total. The number of likely N-dealkylation sites (N-methyl/N-ethyl adjacent to an activating group) is 1. The van der Waals surface area contributed by atoms with Crippen LogP contribution in [0.5, 0.6) is 11.5 Å². The van der Waals surface area contributed by atoms with Crippen molar-refractivity contribution in [3.63, 3.8) is 0 Å². The Morgan fingerprint density at radius 1 is 0.774 bits per heavy atom. The fraction of sp³-hybridized carbons (Fsp3) is 0.391. The van der Waals surface area contributed by atoms with Crippen molar-refractivity contribution in [2.75, 3.05) is 46.4 Å². The Kier molecular flexibility index (Phi) is 10.3. The summed E-state index contributed by atoms with van der Waals surface area (Å²) in [6.07, 6.45) is 1.87. The summed E-state index contributed by atoms with van der Waals surface area (Å²) in [5.74, 6) is 1.72. The van der Waals surface area contributed by atoms with Crippen LogP contribution in [0.4, 0.5) is 0 Å². The molecule has 2 aromatic carbocycles. The molecule has 0 unspecified atom stereocenters. The molecular weight excluding hydrogens is 392 g/mol. The molecule has 0 aliphatic carbocycles. The van der Waals surface area contributed by atoms with Crippen LogP contribution in [0.1, 0.15) is 24.0 Å². The van der Waals surface area contributed by atoms with E-state index in [9.17, 15) is 0 Å². The Bertz CT molecular complexity index is 808. The minimum atomic E-state index is 0.0636. The summed E-state index contributed by atoms with van der Waals surface area (Å²) in [5.41, 5.74) is 12.3. The summed E-state index contributed by atoms with van der Waals surface area (Å²) in [4.78, 5) is 2.28. The molecule has 0 heterocycles. The summed E-state index contributed by atoms with van der Waals surface area (Å²) in [6, 6.07) is 14.5. The van der Waals surface area contributed by atoms with E-state index >= 15 is 0 Å². The first-order chi connectivity index (χ1) is 15.0. The van der Waals surface area contributed by atoms with Gasteiger partial charge in [-0.15, -0.1) is 0 Å². The summed E-state index contributed by atoms with van der Waals surface area (Å²) in [6.45, 7) is 5.07. The second kappa shape index (κ2) is 13.3. The van der Waals surface area contributed by atoms with Crippen molar-refractivity contribution in [1.29, 1.82) is 10.8 Å². The van der Waals surface area contributed by atoms with Crippen molar-refractivity contribution in [2.45, 2.75) is 12.8 Å². The highest BCUT2D eigenvalue weighted by Gasteiger charge is 2.01. The molecule has 8 nitrogen and oxygen atoms in total. The number of nitrogens with one attached hydrogen (secondary N) is 3. The monoisotopic (exact) mass is 426 g/mol. The van der Waals surface area contributed by atoms with Gasteiger partial charge in [0, 0.05) is 30.8 Å². The van der Waals surface area contributed by atoms with Gasteiger partial charge in [0.15, 0.2) is 0 Å². The molecule has 0 radical (unpaired) electrons. The highest BCUT2D eigenvalue weighted by atomic mass is 16.5. The Morgan fingerprint density at radius 2 is 1.26 bits per heavy atom. The third kappa shape index (κ3) is 9.50. The van der Waals surface area contributed by atoms with Crippen molar-refractivity contribution in [3.8, 4) is 11.5 Å². The first-order valence-electron chi connectivity index (χ1n) is 10.5. The van der Waals surface area contributed by atoms with E-state index in [0.717, 1.165) is 50.5 Å². The van der Waals surface area contributed by atoms with Crippen molar-refractivity contribution < 1.29 is 9.47 Å². The maximum atomic E-state index is 7.39. The van der Waals surface area contributed by atoms with Gasteiger partial charge in [-0.05, 0) is 75.0 Å². The highest BCUT2D eigenvalue weighted by Crippen LogP contribution is 2.13. The summed E-state index contributed by atoms with van der Waals surface area (Å²) in [5, 5.41) is 18.2. The van der Waals surface area contributed by atoms with E-state index in [0.29, 0.717) is 24.3 Å². The van der Waals surface area contributed by atoms with Crippen LogP contribution in [-0.4, -0.2) is 63.0 Å². The van der Waals surface area contributed by atoms with E-state index in [1.54, 1.807) is 24.3 Å². The Morgan fingerprint density at radius 3 is 1.74 bits per heavy atom. The predicted octanol–water partition coefficient (Wildman–Crippen LogP) is 2.01. The lowest BCUT2D eigenvalue weighted by Crippen LogP contribution is -2.31. The fourth-order valence-corrected chi connectivity index (χ4v) is 2.88. The minimum absolute atomic E-state index is 0.0636. The third-order valence-corrected chi connectivity index (χ3v) is 4.72. The van der Waals surface area contributed by atoms with E-state index < -0.39 is 0 Å². The summed E-state index contributed by atoms with van der Waals surface area (Å²) < 4.78 is 11.4. The molecule has 8 heteroatoms. The predicted molar refractivity (Wildman–Crippen MR) is 126 cm³/mol. The molecule has 0 aliphatic rings. The van der Waals surface area contributed by atoms with Gasteiger partial charge in [0.2, 0.25) is 0 Å². The van der Waals surface area contributed by atoms with Crippen molar-refractivity contribution in [2.24, 2.45) is 11.5 Å². The molecule has 0 atom stereocenters. The third-order valence-electron chi connectivity index (χ3n) is 4.72. The number of hydrogen-bond donors (Lipinski definition) is 5. The topological polar surface area (TPSA) is 133 Å². The van der Waals surface area contributed by atoms with Gasteiger partial charge in [-0.3, -0.25) is 10.8 Å². The van der Waals surface area contributed by atoms with Crippen LogP contribution in [0.3, 0.4) is 0 Å². The molecule has 0 amide bonds. The van der Waals surface area contributed by atoms with Crippen LogP contribution in [0.2, 0.25) is 0 Å². The zero-order valence-electron chi connectivity index (χ0n) is 18.2. The molecule has 0 fully saturated rings. The average molecular weight is 427 g/mol. The molecule has 0 aliphatic heterocycles. The maximum absolute atomic E-state index is 7.39. The Labute approximate surface area is 184 Å². The number of nitrogens with two attached hydrogens (primary N) is 2. The summed E-state index contributed by atoms with van der Waals surface area (Å²) >= 11 is 0. The molecule has 2 aromatic rings. The number of ether oxygens (including phenoxy) is 2. The van der Waals surface area contributed by atoms with E-state index in [1.165, 1.54) is 0 Å². The van der Waals surface area contributed by atoms with Crippen LogP contribution < -0.4 is 26.3 Å². The van der Waals surface area contributed by atoms with Crippen LogP contribution in [0.15, 0.2) is 48.5 Å². The lowest BCUT2D eigenvalue weighted by molar-refractivity contribution is 0.261. The zero-order valence-corrected chi connectivity index (χ0v) is 18.2. The van der Waals surface area contributed by atoms with Crippen molar-refractivity contribution in [3.05, 3.63) is 59.7 Å². The van der Waals surface area contributed by atoms with Gasteiger partial charge in [0.1, 0.15) is 23.2 Å². The second-order valence-electron chi connectivity index (χ2n) is 7.33. The normalized spacial score (nSPS) is 10.8. The molecule has 0 saturated heterocycles. The van der Waals surface area contributed by atoms with E-state index in [4.69, 9.17) is 31.8 Å².